The number of nitrogens with zero attached hydrogens (tertiary/aromatic N) is 1. The van der Waals surface area contributed by atoms with E-state index >= 15 is 0 Å². The Kier molecular flexibility index (Phi) is 5.64. The highest BCUT2D eigenvalue weighted by molar-refractivity contribution is 14.0. The van der Waals surface area contributed by atoms with Gasteiger partial charge in [0.2, 0.25) is 0 Å². The van der Waals surface area contributed by atoms with Gasteiger partial charge in [-0.15, -0.1) is 24.0 Å². The molecule has 0 amide bonds. The maximum absolute atomic E-state index is 5.92. The number of benzene rings is 1. The molecule has 1 saturated carbocycles. The molecule has 0 aliphatic heterocycles. The van der Waals surface area contributed by atoms with Crippen LogP contribution in [0.2, 0.25) is 0 Å². The van der Waals surface area contributed by atoms with Crippen molar-refractivity contribution in [2.45, 2.75) is 33.6 Å². The zero-order valence-electron chi connectivity index (χ0n) is 11.9. The van der Waals surface area contributed by atoms with Gasteiger partial charge in [0.25, 0.3) is 0 Å². The first-order chi connectivity index (χ1) is 8.52. The average molecular weight is 373 g/mol. The normalized spacial score (nSPS) is 16.9. The molecular weight excluding hydrogens is 349 g/mol. The molecule has 2 rings (SSSR count). The van der Waals surface area contributed by atoms with E-state index in [2.05, 4.69) is 43.2 Å². The Bertz CT molecular complexity index is 433. The SMILES string of the molecule is Cc1ccc(NC(N)=NCC2(C(C)C)CC2)cc1.I. The Morgan fingerprint density at radius 2 is 1.89 bits per heavy atom. The van der Waals surface area contributed by atoms with Gasteiger partial charge in [0, 0.05) is 12.2 Å². The van der Waals surface area contributed by atoms with Gasteiger partial charge >= 0.3 is 0 Å². The lowest BCUT2D eigenvalue weighted by atomic mass is 9.93. The summed E-state index contributed by atoms with van der Waals surface area (Å²) in [6.07, 6.45) is 2.57. The number of nitrogens with one attached hydrogen (secondary N) is 1. The maximum Gasteiger partial charge on any atom is 0.193 e. The fourth-order valence-corrected chi connectivity index (χ4v) is 2.15. The van der Waals surface area contributed by atoms with Crippen molar-refractivity contribution in [1.29, 1.82) is 0 Å². The van der Waals surface area contributed by atoms with Gasteiger partial charge < -0.3 is 11.1 Å². The molecule has 1 aliphatic rings. The standard InChI is InChI=1S/C15H23N3.HI/c1-11(2)15(8-9-15)10-17-14(16)18-13-6-4-12(3)5-7-13;/h4-7,11H,8-10H2,1-3H3,(H3,16,17,18);1H. The number of guanidine groups is 1. The van der Waals surface area contributed by atoms with Crippen molar-refractivity contribution in [3.8, 4) is 0 Å². The zero-order valence-corrected chi connectivity index (χ0v) is 14.3. The quantitative estimate of drug-likeness (QED) is 0.480. The Balaban J connectivity index is 0.00000180. The van der Waals surface area contributed by atoms with Crippen LogP contribution < -0.4 is 11.1 Å². The Morgan fingerprint density at radius 3 is 2.37 bits per heavy atom. The summed E-state index contributed by atoms with van der Waals surface area (Å²) in [6.45, 7) is 7.45. The number of hydrogen-bond acceptors (Lipinski definition) is 1. The lowest BCUT2D eigenvalue weighted by Crippen LogP contribution is -2.25. The van der Waals surface area contributed by atoms with Crippen molar-refractivity contribution in [3.63, 3.8) is 0 Å². The highest BCUT2D eigenvalue weighted by Crippen LogP contribution is 2.51. The van der Waals surface area contributed by atoms with E-state index in [1.165, 1.54) is 18.4 Å². The second kappa shape index (κ2) is 6.59. The third-order valence-corrected chi connectivity index (χ3v) is 4.01. The van der Waals surface area contributed by atoms with E-state index in [0.717, 1.165) is 12.2 Å². The van der Waals surface area contributed by atoms with Crippen LogP contribution in [0, 0.1) is 18.3 Å². The van der Waals surface area contributed by atoms with Gasteiger partial charge in [0.1, 0.15) is 0 Å². The molecule has 1 aromatic carbocycles. The van der Waals surface area contributed by atoms with E-state index in [9.17, 15) is 0 Å². The molecule has 0 aromatic heterocycles. The van der Waals surface area contributed by atoms with Crippen molar-refractivity contribution in [2.24, 2.45) is 22.1 Å². The molecule has 0 spiro atoms. The zero-order chi connectivity index (χ0) is 13.2. The summed E-state index contributed by atoms with van der Waals surface area (Å²) in [4.78, 5) is 4.48. The van der Waals surface area contributed by atoms with Crippen LogP contribution in [-0.4, -0.2) is 12.5 Å². The summed E-state index contributed by atoms with van der Waals surface area (Å²) in [5.41, 5.74) is 8.57. The van der Waals surface area contributed by atoms with Crippen molar-refractivity contribution in [3.05, 3.63) is 29.8 Å². The molecule has 106 valence electrons. The van der Waals surface area contributed by atoms with Gasteiger partial charge in [-0.3, -0.25) is 4.99 Å². The number of rotatable bonds is 4. The monoisotopic (exact) mass is 373 g/mol. The van der Waals surface area contributed by atoms with Gasteiger partial charge in [-0.2, -0.15) is 0 Å². The number of halogens is 1. The summed E-state index contributed by atoms with van der Waals surface area (Å²) >= 11 is 0. The molecule has 3 N–H and O–H groups in total. The fraction of sp³-hybridized carbons (Fsp3) is 0.533. The molecule has 4 heteroatoms. The molecule has 1 aliphatic carbocycles. The fourth-order valence-electron chi connectivity index (χ4n) is 2.15. The lowest BCUT2D eigenvalue weighted by molar-refractivity contribution is 0.371. The molecule has 0 heterocycles. The summed E-state index contributed by atoms with van der Waals surface area (Å²) in [5.74, 6) is 1.21. The number of anilines is 1. The Morgan fingerprint density at radius 1 is 1.32 bits per heavy atom. The number of aliphatic imine (C=N–C) groups is 1. The van der Waals surface area contributed by atoms with Gasteiger partial charge in [-0.05, 0) is 43.2 Å². The van der Waals surface area contributed by atoms with E-state index in [1.54, 1.807) is 0 Å². The minimum absolute atomic E-state index is 0. The molecule has 0 atom stereocenters. The van der Waals surface area contributed by atoms with Gasteiger partial charge in [0.05, 0.1) is 0 Å². The molecule has 0 unspecified atom stereocenters. The van der Waals surface area contributed by atoms with Crippen LogP contribution in [0.25, 0.3) is 0 Å². The van der Waals surface area contributed by atoms with Crippen LogP contribution >= 0.6 is 24.0 Å². The molecule has 1 aromatic rings. The Hall–Kier alpha value is -0.780. The van der Waals surface area contributed by atoms with Crippen LogP contribution in [0.5, 0.6) is 0 Å². The van der Waals surface area contributed by atoms with Crippen LogP contribution in [0.15, 0.2) is 29.3 Å². The summed E-state index contributed by atoms with van der Waals surface area (Å²) in [7, 11) is 0. The minimum Gasteiger partial charge on any atom is -0.370 e. The van der Waals surface area contributed by atoms with Crippen LogP contribution in [0.1, 0.15) is 32.3 Å². The predicted molar refractivity (Wildman–Crippen MR) is 93.2 cm³/mol. The molecule has 0 bridgehead atoms. The largest absolute Gasteiger partial charge is 0.370 e. The third kappa shape index (κ3) is 4.37. The summed E-state index contributed by atoms with van der Waals surface area (Å²) < 4.78 is 0. The first-order valence-electron chi connectivity index (χ1n) is 6.65. The van der Waals surface area contributed by atoms with Crippen molar-refractivity contribution >= 4 is 35.6 Å². The van der Waals surface area contributed by atoms with Crippen LogP contribution in [0.3, 0.4) is 0 Å². The van der Waals surface area contributed by atoms with Gasteiger partial charge in [-0.25, -0.2) is 0 Å². The van der Waals surface area contributed by atoms with Gasteiger partial charge in [0.15, 0.2) is 5.96 Å². The smallest absolute Gasteiger partial charge is 0.193 e. The summed E-state index contributed by atoms with van der Waals surface area (Å²) in [5, 5.41) is 3.14. The number of hydrogen-bond donors (Lipinski definition) is 2. The van der Waals surface area contributed by atoms with E-state index in [1.807, 2.05) is 12.1 Å². The van der Waals surface area contributed by atoms with Crippen molar-refractivity contribution in [2.75, 3.05) is 11.9 Å². The number of nitrogens with two attached hydrogens (primary N) is 1. The molecular formula is C15H24IN3. The lowest BCUT2D eigenvalue weighted by Gasteiger charge is -2.17. The third-order valence-electron chi connectivity index (χ3n) is 4.01. The second-order valence-corrected chi connectivity index (χ2v) is 5.71. The van der Waals surface area contributed by atoms with E-state index in [4.69, 9.17) is 5.73 Å². The first kappa shape index (κ1) is 16.3. The van der Waals surface area contributed by atoms with Gasteiger partial charge in [-0.1, -0.05) is 31.5 Å². The second-order valence-electron chi connectivity index (χ2n) is 5.71. The molecule has 3 nitrogen and oxygen atoms in total. The summed E-state index contributed by atoms with van der Waals surface area (Å²) in [6, 6.07) is 8.17. The Labute approximate surface area is 133 Å². The topological polar surface area (TPSA) is 50.4 Å². The van der Waals surface area contributed by atoms with Crippen LogP contribution in [-0.2, 0) is 0 Å². The maximum atomic E-state index is 5.92. The average Bonchev–Trinajstić information content (AvgIpc) is 3.11. The van der Waals surface area contributed by atoms with Crippen molar-refractivity contribution < 1.29 is 0 Å². The highest BCUT2D eigenvalue weighted by Gasteiger charge is 2.45. The van der Waals surface area contributed by atoms with Crippen molar-refractivity contribution in [1.82, 2.24) is 0 Å². The molecule has 19 heavy (non-hydrogen) atoms. The highest BCUT2D eigenvalue weighted by atomic mass is 127. The molecule has 0 radical (unpaired) electrons. The first-order valence-corrected chi connectivity index (χ1v) is 6.65. The predicted octanol–water partition coefficient (Wildman–Crippen LogP) is 3.78. The number of aryl methyl sites for hydroxylation is 1. The molecule has 0 saturated heterocycles. The van der Waals surface area contributed by atoms with E-state index < -0.39 is 0 Å². The van der Waals surface area contributed by atoms with Crippen LogP contribution in [0.4, 0.5) is 5.69 Å². The molecule has 1 fully saturated rings. The minimum atomic E-state index is 0. The van der Waals surface area contributed by atoms with E-state index in [-0.39, 0.29) is 24.0 Å². The van der Waals surface area contributed by atoms with E-state index in [0.29, 0.717) is 17.3 Å².